The van der Waals surface area contributed by atoms with Crippen LogP contribution in [0.4, 0.5) is 0 Å². The van der Waals surface area contributed by atoms with Crippen LogP contribution in [0, 0.1) is 0 Å². The number of carbonyl (C=O) groups excluding carboxylic acids is 2. The predicted octanol–water partition coefficient (Wildman–Crippen LogP) is 3.30. The molecule has 2 rings (SSSR count). The summed E-state index contributed by atoms with van der Waals surface area (Å²) in [6, 6.07) is 17.5. The molecule has 0 saturated carbocycles. The minimum absolute atomic E-state index is 0.176. The average Bonchev–Trinajstić information content (AvgIpc) is 2.69. The van der Waals surface area contributed by atoms with Gasteiger partial charge >= 0.3 is 5.97 Å². The molecule has 5 heteroatoms. The first-order valence-electron chi connectivity index (χ1n) is 8.35. The van der Waals surface area contributed by atoms with E-state index in [-0.39, 0.29) is 18.3 Å². The van der Waals surface area contributed by atoms with Crippen LogP contribution >= 0.6 is 0 Å². The lowest BCUT2D eigenvalue weighted by molar-refractivity contribution is -0.141. The highest BCUT2D eigenvalue weighted by molar-refractivity contribution is 5.91. The van der Waals surface area contributed by atoms with Crippen molar-refractivity contribution in [3.63, 3.8) is 0 Å². The average molecular weight is 353 g/mol. The number of esters is 1. The Bertz CT molecular complexity index is 756. The van der Waals surface area contributed by atoms with Crippen LogP contribution in [0.2, 0.25) is 0 Å². The Morgan fingerprint density at radius 3 is 2.58 bits per heavy atom. The van der Waals surface area contributed by atoms with E-state index in [9.17, 15) is 9.59 Å². The van der Waals surface area contributed by atoms with Crippen LogP contribution < -0.4 is 4.74 Å². The lowest BCUT2D eigenvalue weighted by atomic mass is 10.2. The SMILES string of the molecule is COC(=O)CCN(C)C(=O)/C=C/c1cccc(OCc2ccccc2)c1. The molecule has 0 atom stereocenters. The largest absolute Gasteiger partial charge is 0.489 e. The first kappa shape index (κ1) is 19.2. The van der Waals surface area contributed by atoms with Gasteiger partial charge in [0.25, 0.3) is 0 Å². The van der Waals surface area contributed by atoms with Crippen LogP contribution in [0.25, 0.3) is 6.08 Å². The molecule has 0 saturated heterocycles. The number of rotatable bonds is 8. The fraction of sp³-hybridized carbons (Fsp3) is 0.238. The molecule has 0 heterocycles. The van der Waals surface area contributed by atoms with Crippen molar-refractivity contribution in [2.75, 3.05) is 20.7 Å². The third-order valence-electron chi connectivity index (χ3n) is 3.78. The molecule has 0 bridgehead atoms. The number of hydrogen-bond donors (Lipinski definition) is 0. The Morgan fingerprint density at radius 1 is 1.08 bits per heavy atom. The molecule has 0 aliphatic carbocycles. The molecule has 136 valence electrons. The quantitative estimate of drug-likeness (QED) is 0.540. The monoisotopic (exact) mass is 353 g/mol. The second-order valence-corrected chi connectivity index (χ2v) is 5.77. The van der Waals surface area contributed by atoms with E-state index in [2.05, 4.69) is 4.74 Å². The molecular weight excluding hydrogens is 330 g/mol. The highest BCUT2D eigenvalue weighted by atomic mass is 16.5. The number of amides is 1. The van der Waals surface area contributed by atoms with E-state index >= 15 is 0 Å². The summed E-state index contributed by atoms with van der Waals surface area (Å²) in [5.41, 5.74) is 1.96. The third-order valence-corrected chi connectivity index (χ3v) is 3.78. The second kappa shape index (κ2) is 10.0. The van der Waals surface area contributed by atoms with E-state index < -0.39 is 0 Å². The summed E-state index contributed by atoms with van der Waals surface area (Å²) < 4.78 is 10.4. The molecule has 0 unspecified atom stereocenters. The van der Waals surface area contributed by atoms with Gasteiger partial charge in [-0.05, 0) is 29.3 Å². The van der Waals surface area contributed by atoms with Crippen LogP contribution in [-0.4, -0.2) is 37.5 Å². The molecular formula is C21H23NO4. The predicted molar refractivity (Wildman–Crippen MR) is 101 cm³/mol. The normalized spacial score (nSPS) is 10.5. The smallest absolute Gasteiger partial charge is 0.307 e. The van der Waals surface area contributed by atoms with Gasteiger partial charge in [0, 0.05) is 19.7 Å². The molecule has 0 fully saturated rings. The Balaban J connectivity index is 1.89. The summed E-state index contributed by atoms with van der Waals surface area (Å²) in [6.45, 7) is 0.805. The van der Waals surface area contributed by atoms with Crippen molar-refractivity contribution in [2.24, 2.45) is 0 Å². The zero-order valence-electron chi connectivity index (χ0n) is 15.1. The molecule has 0 radical (unpaired) electrons. The van der Waals surface area contributed by atoms with Gasteiger partial charge in [-0.3, -0.25) is 9.59 Å². The number of hydrogen-bond acceptors (Lipinski definition) is 4. The standard InChI is InChI=1S/C21H23NO4/c1-22(14-13-21(24)25-2)20(23)12-11-17-9-6-10-19(15-17)26-16-18-7-4-3-5-8-18/h3-12,15H,13-14,16H2,1-2H3/b12-11+. The van der Waals surface area contributed by atoms with E-state index in [1.54, 1.807) is 13.1 Å². The van der Waals surface area contributed by atoms with Crippen LogP contribution in [0.3, 0.4) is 0 Å². The molecule has 1 amide bonds. The van der Waals surface area contributed by atoms with E-state index in [0.29, 0.717) is 13.2 Å². The highest BCUT2D eigenvalue weighted by Gasteiger charge is 2.08. The van der Waals surface area contributed by atoms with Crippen LogP contribution in [-0.2, 0) is 20.9 Å². The summed E-state index contributed by atoms with van der Waals surface area (Å²) in [5.74, 6) is 0.226. The van der Waals surface area contributed by atoms with Crippen LogP contribution in [0.15, 0.2) is 60.7 Å². The maximum atomic E-state index is 12.1. The number of nitrogens with zero attached hydrogens (tertiary/aromatic N) is 1. The van der Waals surface area contributed by atoms with Gasteiger partial charge in [0.15, 0.2) is 0 Å². The number of methoxy groups -OCH3 is 1. The van der Waals surface area contributed by atoms with Gasteiger partial charge in [0.05, 0.1) is 13.5 Å². The molecule has 0 spiro atoms. The van der Waals surface area contributed by atoms with Gasteiger partial charge in [-0.25, -0.2) is 0 Å². The zero-order valence-corrected chi connectivity index (χ0v) is 15.1. The lowest BCUT2D eigenvalue weighted by Crippen LogP contribution is -2.27. The van der Waals surface area contributed by atoms with Gasteiger partial charge in [-0.1, -0.05) is 42.5 Å². The third kappa shape index (κ3) is 6.43. The summed E-state index contributed by atoms with van der Waals surface area (Å²) in [5, 5.41) is 0. The van der Waals surface area contributed by atoms with Crippen LogP contribution in [0.1, 0.15) is 17.5 Å². The van der Waals surface area contributed by atoms with Crippen molar-refractivity contribution in [2.45, 2.75) is 13.0 Å². The summed E-state index contributed by atoms with van der Waals surface area (Å²) >= 11 is 0. The highest BCUT2D eigenvalue weighted by Crippen LogP contribution is 2.16. The van der Waals surface area contributed by atoms with Crippen molar-refractivity contribution < 1.29 is 19.1 Å². The molecule has 26 heavy (non-hydrogen) atoms. The van der Waals surface area contributed by atoms with E-state index in [1.807, 2.05) is 54.6 Å². The topological polar surface area (TPSA) is 55.8 Å². The van der Waals surface area contributed by atoms with Crippen molar-refractivity contribution in [1.29, 1.82) is 0 Å². The number of carbonyl (C=O) groups is 2. The Hall–Kier alpha value is -3.08. The van der Waals surface area contributed by atoms with E-state index in [1.165, 1.54) is 18.1 Å². The molecule has 0 aliphatic rings. The van der Waals surface area contributed by atoms with Crippen molar-refractivity contribution in [3.8, 4) is 5.75 Å². The Kier molecular flexibility index (Phi) is 7.43. The van der Waals surface area contributed by atoms with Crippen molar-refractivity contribution >= 4 is 18.0 Å². The first-order chi connectivity index (χ1) is 12.6. The minimum atomic E-state index is -0.336. The van der Waals surface area contributed by atoms with Crippen molar-refractivity contribution in [1.82, 2.24) is 4.90 Å². The maximum absolute atomic E-state index is 12.1. The van der Waals surface area contributed by atoms with E-state index in [0.717, 1.165) is 16.9 Å². The Morgan fingerprint density at radius 2 is 1.85 bits per heavy atom. The van der Waals surface area contributed by atoms with Gasteiger partial charge in [0.2, 0.25) is 5.91 Å². The lowest BCUT2D eigenvalue weighted by Gasteiger charge is -2.13. The van der Waals surface area contributed by atoms with Crippen LogP contribution in [0.5, 0.6) is 5.75 Å². The van der Waals surface area contributed by atoms with E-state index in [4.69, 9.17) is 4.74 Å². The van der Waals surface area contributed by atoms with Gasteiger partial charge in [-0.2, -0.15) is 0 Å². The fourth-order valence-corrected chi connectivity index (χ4v) is 2.21. The van der Waals surface area contributed by atoms with Crippen molar-refractivity contribution in [3.05, 3.63) is 71.8 Å². The minimum Gasteiger partial charge on any atom is -0.489 e. The van der Waals surface area contributed by atoms with Gasteiger partial charge < -0.3 is 14.4 Å². The Labute approximate surface area is 153 Å². The molecule has 5 nitrogen and oxygen atoms in total. The zero-order chi connectivity index (χ0) is 18.8. The van der Waals surface area contributed by atoms with Gasteiger partial charge in [-0.15, -0.1) is 0 Å². The second-order valence-electron chi connectivity index (χ2n) is 5.77. The molecule has 0 N–H and O–H groups in total. The molecule has 0 aliphatic heterocycles. The molecule has 0 aromatic heterocycles. The molecule has 2 aromatic carbocycles. The number of benzene rings is 2. The maximum Gasteiger partial charge on any atom is 0.307 e. The van der Waals surface area contributed by atoms with Gasteiger partial charge in [0.1, 0.15) is 12.4 Å². The summed E-state index contributed by atoms with van der Waals surface area (Å²) in [4.78, 5) is 24.7. The number of likely N-dealkylation sites (N-methyl/N-ethyl adjacent to an activating group) is 1. The fourth-order valence-electron chi connectivity index (χ4n) is 2.21. The first-order valence-corrected chi connectivity index (χ1v) is 8.35. The summed E-state index contributed by atoms with van der Waals surface area (Å²) in [6.07, 6.45) is 3.38. The number of ether oxygens (including phenoxy) is 2. The molecule has 2 aromatic rings. The summed E-state index contributed by atoms with van der Waals surface area (Å²) in [7, 11) is 2.98.